The molecule has 2 aliphatic heterocycles. The van der Waals surface area contributed by atoms with Gasteiger partial charge < -0.3 is 0 Å². The number of rotatable bonds is 2. The number of piperidine rings is 1. The van der Waals surface area contributed by atoms with Crippen LogP contribution in [-0.4, -0.2) is 39.4 Å². The highest BCUT2D eigenvalue weighted by Gasteiger charge is 2.65. The van der Waals surface area contributed by atoms with E-state index in [1.54, 1.807) is 0 Å². The van der Waals surface area contributed by atoms with E-state index in [0.717, 1.165) is 19.4 Å². The molecule has 3 heteroatoms. The summed E-state index contributed by atoms with van der Waals surface area (Å²) in [7, 11) is 2.00. The molecular weight excluding hydrogens is 284 g/mol. The van der Waals surface area contributed by atoms with Gasteiger partial charge in [-0.2, -0.15) is 4.65 Å². The van der Waals surface area contributed by atoms with Crippen LogP contribution in [0.25, 0.3) is 0 Å². The van der Waals surface area contributed by atoms with Crippen molar-refractivity contribution >= 4 is 0 Å². The predicted octanol–water partition coefficient (Wildman–Crippen LogP) is 4.51. The molecule has 128 valence electrons. The summed E-state index contributed by atoms with van der Waals surface area (Å²) >= 11 is 0. The molecule has 2 heterocycles. The topological polar surface area (TPSA) is 23.5 Å². The maximum Gasteiger partial charge on any atom is 0.212 e. The van der Waals surface area contributed by atoms with Crippen LogP contribution in [0.3, 0.4) is 0 Å². The largest absolute Gasteiger partial charge is 0.235 e. The summed E-state index contributed by atoms with van der Waals surface area (Å²) in [6.07, 6.45) is 5.70. The molecule has 0 aliphatic carbocycles. The number of nitrogens with zero attached hydrogens (tertiary/aromatic N) is 2. The number of quaternary nitrogens is 1. The lowest BCUT2D eigenvalue weighted by Gasteiger charge is -2.61. The van der Waals surface area contributed by atoms with Crippen LogP contribution in [-0.2, 0) is 5.66 Å². The van der Waals surface area contributed by atoms with Gasteiger partial charge in [0.1, 0.15) is 13.6 Å². The second-order valence-electron chi connectivity index (χ2n) is 8.96. The average Bonchev–Trinajstić information content (AvgIpc) is 2.74. The number of hydrogen-bond acceptors (Lipinski definition) is 2. The molecule has 1 aromatic carbocycles. The monoisotopic (exact) mass is 317 g/mol. The molecule has 0 spiro atoms. The summed E-state index contributed by atoms with van der Waals surface area (Å²) in [5.41, 5.74) is 1.05. The summed E-state index contributed by atoms with van der Waals surface area (Å²) in [6.45, 7) is 10.2. The zero-order chi connectivity index (χ0) is 16.9. The Hall–Kier alpha value is -0.900. The highest BCUT2D eigenvalue weighted by atomic mass is 16.6. The fraction of sp³-hybridized carbons (Fsp3) is 0.700. The first kappa shape index (κ1) is 16.9. The first-order chi connectivity index (χ1) is 10.6. The van der Waals surface area contributed by atoms with E-state index in [9.17, 15) is 5.21 Å². The van der Waals surface area contributed by atoms with Crippen LogP contribution in [0.4, 0.5) is 0 Å². The summed E-state index contributed by atoms with van der Waals surface area (Å²) in [5.74, 6) is 0. The van der Waals surface area contributed by atoms with Crippen molar-refractivity contribution < 1.29 is 9.85 Å². The lowest BCUT2D eigenvalue weighted by molar-refractivity contribution is -1.13. The minimum Gasteiger partial charge on any atom is -0.235 e. The zero-order valence-corrected chi connectivity index (χ0v) is 15.5. The normalized spacial score (nSPS) is 37.0. The van der Waals surface area contributed by atoms with Gasteiger partial charge in [0.25, 0.3) is 0 Å². The Labute approximate surface area is 141 Å². The Morgan fingerprint density at radius 3 is 1.96 bits per heavy atom. The fourth-order valence-electron chi connectivity index (χ4n) is 5.64. The Morgan fingerprint density at radius 1 is 0.913 bits per heavy atom. The van der Waals surface area contributed by atoms with Crippen molar-refractivity contribution in [1.82, 2.24) is 4.90 Å². The Kier molecular flexibility index (Phi) is 3.90. The van der Waals surface area contributed by atoms with Gasteiger partial charge in [-0.25, -0.2) is 10.1 Å². The molecule has 2 aliphatic rings. The fourth-order valence-corrected chi connectivity index (χ4v) is 5.64. The molecule has 1 N–H and O–H groups in total. The first-order valence-electron chi connectivity index (χ1n) is 9.08. The molecule has 0 radical (unpaired) electrons. The van der Waals surface area contributed by atoms with E-state index in [4.69, 9.17) is 0 Å². The van der Waals surface area contributed by atoms with Crippen molar-refractivity contribution in [2.75, 3.05) is 13.6 Å². The first-order valence-corrected chi connectivity index (χ1v) is 9.08. The zero-order valence-electron chi connectivity index (χ0n) is 15.5. The molecule has 2 saturated heterocycles. The van der Waals surface area contributed by atoms with Gasteiger partial charge >= 0.3 is 0 Å². The summed E-state index contributed by atoms with van der Waals surface area (Å²) < 4.78 is 0.0733. The van der Waals surface area contributed by atoms with E-state index >= 15 is 0 Å². The molecule has 2 fully saturated rings. The van der Waals surface area contributed by atoms with Crippen LogP contribution in [0, 0.1) is 0 Å². The summed E-state index contributed by atoms with van der Waals surface area (Å²) in [4.78, 5) is 2.67. The van der Waals surface area contributed by atoms with Gasteiger partial charge in [-0.1, -0.05) is 30.3 Å². The van der Waals surface area contributed by atoms with Crippen molar-refractivity contribution in [3.05, 3.63) is 35.9 Å². The van der Waals surface area contributed by atoms with Gasteiger partial charge in [-0.3, -0.25) is 0 Å². The molecule has 2 atom stereocenters. The van der Waals surface area contributed by atoms with E-state index in [2.05, 4.69) is 62.9 Å². The van der Waals surface area contributed by atoms with Gasteiger partial charge in [0.05, 0.1) is 0 Å². The second-order valence-corrected chi connectivity index (χ2v) is 8.96. The van der Waals surface area contributed by atoms with Crippen LogP contribution in [0.5, 0.6) is 0 Å². The minimum atomic E-state index is -0.353. The standard InChI is InChI=1S/C20H33N2O/c1-18(2)13-9-14-19(3,4)21(18)20(15-10-16-22(20,5)23)17-11-7-6-8-12-17/h6-8,11-12,23H,9-10,13-16H2,1-5H3/q+1. The van der Waals surface area contributed by atoms with Gasteiger partial charge in [0, 0.05) is 29.5 Å². The molecule has 1 aromatic rings. The van der Waals surface area contributed by atoms with Crippen molar-refractivity contribution in [1.29, 1.82) is 0 Å². The average molecular weight is 317 g/mol. The van der Waals surface area contributed by atoms with Crippen molar-refractivity contribution in [2.45, 2.75) is 76.5 Å². The number of hydroxylamine groups is 3. The van der Waals surface area contributed by atoms with Gasteiger partial charge in [0.15, 0.2) is 0 Å². The van der Waals surface area contributed by atoms with Crippen LogP contribution in [0.15, 0.2) is 30.3 Å². The molecule has 3 nitrogen and oxygen atoms in total. The van der Waals surface area contributed by atoms with Crippen molar-refractivity contribution in [3.8, 4) is 0 Å². The number of benzene rings is 1. The highest BCUT2D eigenvalue weighted by Crippen LogP contribution is 2.54. The Bertz CT molecular complexity index is 548. The maximum absolute atomic E-state index is 11.5. The quantitative estimate of drug-likeness (QED) is 0.811. The molecular formula is C20H33N2O+. The molecule has 0 saturated carbocycles. The van der Waals surface area contributed by atoms with E-state index < -0.39 is 0 Å². The number of likely N-dealkylation sites (tertiary alicyclic amines) is 2. The van der Waals surface area contributed by atoms with Crippen LogP contribution in [0.2, 0.25) is 0 Å². The lowest BCUT2D eigenvalue weighted by atomic mass is 9.75. The highest BCUT2D eigenvalue weighted by molar-refractivity contribution is 5.25. The minimum absolute atomic E-state index is 0.0733. The van der Waals surface area contributed by atoms with E-state index in [1.165, 1.54) is 24.8 Å². The second kappa shape index (κ2) is 5.30. The van der Waals surface area contributed by atoms with E-state index in [1.807, 2.05) is 7.05 Å². The number of hydrogen-bond donors (Lipinski definition) is 1. The van der Waals surface area contributed by atoms with E-state index in [0.29, 0.717) is 0 Å². The predicted molar refractivity (Wildman–Crippen MR) is 94.0 cm³/mol. The molecule has 3 rings (SSSR count). The lowest BCUT2D eigenvalue weighted by Crippen LogP contribution is -2.73. The third-order valence-corrected chi connectivity index (χ3v) is 6.31. The van der Waals surface area contributed by atoms with E-state index in [-0.39, 0.29) is 21.4 Å². The third kappa shape index (κ3) is 2.45. The summed E-state index contributed by atoms with van der Waals surface area (Å²) in [5, 5.41) is 11.5. The molecule has 0 aromatic heterocycles. The third-order valence-electron chi connectivity index (χ3n) is 6.31. The Balaban J connectivity index is 2.24. The van der Waals surface area contributed by atoms with Gasteiger partial charge in [-0.05, 0) is 47.0 Å². The Morgan fingerprint density at radius 2 is 1.48 bits per heavy atom. The SMILES string of the molecule is CC1(C)CCCC(C)(C)N1C1(c2ccccc2)CCC[N+]1(C)O. The molecule has 0 amide bonds. The molecule has 0 bridgehead atoms. The smallest absolute Gasteiger partial charge is 0.212 e. The van der Waals surface area contributed by atoms with Crippen molar-refractivity contribution in [3.63, 3.8) is 0 Å². The van der Waals surface area contributed by atoms with Crippen molar-refractivity contribution in [2.24, 2.45) is 0 Å². The molecule has 2 unspecified atom stereocenters. The molecule has 23 heavy (non-hydrogen) atoms. The van der Waals surface area contributed by atoms with Crippen LogP contribution in [0.1, 0.15) is 65.4 Å². The summed E-state index contributed by atoms with van der Waals surface area (Å²) in [6, 6.07) is 10.7. The van der Waals surface area contributed by atoms with Gasteiger partial charge in [0.2, 0.25) is 5.66 Å². The van der Waals surface area contributed by atoms with Gasteiger partial charge in [-0.15, -0.1) is 0 Å². The van der Waals surface area contributed by atoms with Crippen LogP contribution < -0.4 is 0 Å². The maximum atomic E-state index is 11.5. The van der Waals surface area contributed by atoms with Crippen LogP contribution >= 0.6 is 0 Å².